The molecule has 2 heterocycles. The van der Waals surface area contributed by atoms with Crippen molar-refractivity contribution >= 4 is 23.3 Å². The number of hydrogen-bond acceptors (Lipinski definition) is 2. The first-order valence-corrected chi connectivity index (χ1v) is 8.51. The summed E-state index contributed by atoms with van der Waals surface area (Å²) in [5.74, 6) is 0.0829. The lowest BCUT2D eigenvalue weighted by molar-refractivity contribution is -0.122. The van der Waals surface area contributed by atoms with E-state index in [1.54, 1.807) is 9.80 Å². The van der Waals surface area contributed by atoms with Crippen LogP contribution in [-0.4, -0.2) is 37.0 Å². The predicted octanol–water partition coefficient (Wildman–Crippen LogP) is 3.15. The predicted molar refractivity (Wildman–Crippen MR) is 97.9 cm³/mol. The summed E-state index contributed by atoms with van der Waals surface area (Å²) >= 11 is 0. The van der Waals surface area contributed by atoms with Gasteiger partial charge in [-0.25, -0.2) is 4.79 Å². The van der Waals surface area contributed by atoms with Gasteiger partial charge in [-0.05, 0) is 42.7 Å². The van der Waals surface area contributed by atoms with Gasteiger partial charge in [0.2, 0.25) is 5.91 Å². The number of urea groups is 1. The normalized spacial score (nSPS) is 21.8. The summed E-state index contributed by atoms with van der Waals surface area (Å²) in [6, 6.07) is 15.5. The van der Waals surface area contributed by atoms with E-state index < -0.39 is 5.41 Å². The molecule has 0 saturated carbocycles. The van der Waals surface area contributed by atoms with Gasteiger partial charge < -0.3 is 15.1 Å². The third kappa shape index (κ3) is 2.38. The molecule has 2 aliphatic rings. The van der Waals surface area contributed by atoms with Crippen LogP contribution in [-0.2, 0) is 10.2 Å². The quantitative estimate of drug-likeness (QED) is 0.870. The van der Waals surface area contributed by atoms with Gasteiger partial charge in [0.25, 0.3) is 0 Å². The van der Waals surface area contributed by atoms with Gasteiger partial charge in [0, 0.05) is 31.5 Å². The molecular weight excluding hydrogens is 314 g/mol. The minimum absolute atomic E-state index is 0.0829. The van der Waals surface area contributed by atoms with Crippen molar-refractivity contribution in [2.45, 2.75) is 18.8 Å². The van der Waals surface area contributed by atoms with Crippen LogP contribution in [0.15, 0.2) is 48.5 Å². The molecule has 3 amide bonds. The molecule has 25 heavy (non-hydrogen) atoms. The summed E-state index contributed by atoms with van der Waals surface area (Å²) in [6.07, 6.45) is 0.661. The monoisotopic (exact) mass is 335 g/mol. The third-order valence-corrected chi connectivity index (χ3v) is 5.32. The number of hydrogen-bond donors (Lipinski definition) is 1. The lowest BCUT2D eigenvalue weighted by Gasteiger charge is -2.23. The van der Waals surface area contributed by atoms with Crippen molar-refractivity contribution in [1.82, 2.24) is 4.90 Å². The van der Waals surface area contributed by atoms with E-state index in [2.05, 4.69) is 5.32 Å². The van der Waals surface area contributed by atoms with Crippen molar-refractivity contribution in [2.24, 2.45) is 0 Å². The van der Waals surface area contributed by atoms with Crippen LogP contribution >= 0.6 is 0 Å². The van der Waals surface area contributed by atoms with E-state index in [1.165, 1.54) is 0 Å². The van der Waals surface area contributed by atoms with E-state index >= 15 is 0 Å². The topological polar surface area (TPSA) is 52.7 Å². The summed E-state index contributed by atoms with van der Waals surface area (Å²) in [5.41, 5.74) is 3.26. The molecule has 2 aromatic rings. The van der Waals surface area contributed by atoms with E-state index in [9.17, 15) is 9.59 Å². The molecule has 1 fully saturated rings. The van der Waals surface area contributed by atoms with Gasteiger partial charge in [-0.1, -0.05) is 30.3 Å². The van der Waals surface area contributed by atoms with Crippen molar-refractivity contribution in [2.75, 3.05) is 30.4 Å². The number of aryl methyl sites for hydroxylation is 1. The van der Waals surface area contributed by atoms with Crippen molar-refractivity contribution in [3.05, 3.63) is 59.7 Å². The molecule has 2 aliphatic heterocycles. The van der Waals surface area contributed by atoms with E-state index in [-0.39, 0.29) is 11.9 Å². The number of likely N-dealkylation sites (tertiary alicyclic amines) is 1. The Labute approximate surface area is 147 Å². The number of anilines is 2. The van der Waals surface area contributed by atoms with Gasteiger partial charge in [-0.2, -0.15) is 0 Å². The van der Waals surface area contributed by atoms with E-state index in [0.717, 1.165) is 22.5 Å². The van der Waals surface area contributed by atoms with Gasteiger partial charge in [0.05, 0.1) is 5.41 Å². The Bertz CT molecular complexity index is 864. The van der Waals surface area contributed by atoms with Crippen LogP contribution in [0.25, 0.3) is 0 Å². The second kappa shape index (κ2) is 5.62. The minimum Gasteiger partial charge on any atom is -0.323 e. The Hall–Kier alpha value is -2.82. The van der Waals surface area contributed by atoms with Crippen molar-refractivity contribution in [3.8, 4) is 0 Å². The summed E-state index contributed by atoms with van der Waals surface area (Å²) < 4.78 is 0. The molecule has 5 heteroatoms. The maximum atomic E-state index is 12.9. The average molecular weight is 335 g/mol. The first-order chi connectivity index (χ1) is 12.0. The molecule has 0 bridgehead atoms. The number of para-hydroxylation sites is 1. The first kappa shape index (κ1) is 15.7. The number of carbonyl (C=O) groups excluding carboxylic acids is 2. The average Bonchev–Trinajstić information content (AvgIpc) is 3.14. The molecule has 5 nitrogen and oxygen atoms in total. The smallest absolute Gasteiger partial charge is 0.321 e. The van der Waals surface area contributed by atoms with Crippen LogP contribution in [0.5, 0.6) is 0 Å². The van der Waals surface area contributed by atoms with Crippen LogP contribution in [0.3, 0.4) is 0 Å². The maximum Gasteiger partial charge on any atom is 0.321 e. The summed E-state index contributed by atoms with van der Waals surface area (Å²) in [4.78, 5) is 29.0. The summed E-state index contributed by atoms with van der Waals surface area (Å²) in [7, 11) is 1.81. The largest absolute Gasteiger partial charge is 0.323 e. The SMILES string of the molecule is Cc1cccc(NC(=O)N2CCC3(C2)C(=O)N(C)c2ccccc23)c1. The van der Waals surface area contributed by atoms with E-state index in [4.69, 9.17) is 0 Å². The highest BCUT2D eigenvalue weighted by Crippen LogP contribution is 2.46. The number of amides is 3. The Balaban J connectivity index is 1.57. The standard InChI is InChI=1S/C20H21N3O2/c1-14-6-5-7-15(12-14)21-19(25)23-11-10-20(13-23)16-8-3-4-9-17(16)22(2)18(20)24/h3-9,12H,10-11,13H2,1-2H3,(H,21,25). The summed E-state index contributed by atoms with van der Waals surface area (Å²) in [6.45, 7) is 2.99. The van der Waals surface area contributed by atoms with Crippen LogP contribution in [0, 0.1) is 6.92 Å². The summed E-state index contributed by atoms with van der Waals surface area (Å²) in [5, 5.41) is 2.94. The highest BCUT2D eigenvalue weighted by molar-refractivity contribution is 6.08. The number of likely N-dealkylation sites (N-methyl/N-ethyl adjacent to an activating group) is 1. The molecule has 1 atom stereocenters. The van der Waals surface area contributed by atoms with Gasteiger partial charge >= 0.3 is 6.03 Å². The second-order valence-corrected chi connectivity index (χ2v) is 6.93. The molecule has 2 aromatic carbocycles. The fraction of sp³-hybridized carbons (Fsp3) is 0.300. The lowest BCUT2D eigenvalue weighted by atomic mass is 9.81. The highest BCUT2D eigenvalue weighted by Gasteiger charge is 2.54. The lowest BCUT2D eigenvalue weighted by Crippen LogP contribution is -2.42. The van der Waals surface area contributed by atoms with Crippen LogP contribution < -0.4 is 10.2 Å². The molecular formula is C20H21N3O2. The zero-order valence-corrected chi connectivity index (χ0v) is 14.5. The van der Waals surface area contributed by atoms with Gasteiger partial charge in [0.15, 0.2) is 0 Å². The molecule has 4 rings (SSSR count). The van der Waals surface area contributed by atoms with Crippen molar-refractivity contribution < 1.29 is 9.59 Å². The third-order valence-electron chi connectivity index (χ3n) is 5.32. The fourth-order valence-corrected chi connectivity index (χ4v) is 4.02. The number of fused-ring (bicyclic) bond motifs is 2. The highest BCUT2D eigenvalue weighted by atomic mass is 16.2. The zero-order valence-electron chi connectivity index (χ0n) is 14.5. The molecule has 1 spiro atoms. The minimum atomic E-state index is -0.602. The Kier molecular flexibility index (Phi) is 3.53. The zero-order chi connectivity index (χ0) is 17.6. The second-order valence-electron chi connectivity index (χ2n) is 6.93. The maximum absolute atomic E-state index is 12.9. The molecule has 0 aromatic heterocycles. The number of nitrogens with one attached hydrogen (secondary N) is 1. The number of carbonyl (C=O) groups is 2. The Morgan fingerprint density at radius 2 is 1.96 bits per heavy atom. The molecule has 1 unspecified atom stereocenters. The van der Waals surface area contributed by atoms with Gasteiger partial charge in [0.1, 0.15) is 0 Å². The van der Waals surface area contributed by atoms with E-state index in [1.807, 2.05) is 62.5 Å². The Morgan fingerprint density at radius 1 is 1.16 bits per heavy atom. The molecule has 1 saturated heterocycles. The molecule has 0 radical (unpaired) electrons. The number of rotatable bonds is 1. The molecule has 128 valence electrons. The Morgan fingerprint density at radius 3 is 2.76 bits per heavy atom. The molecule has 0 aliphatic carbocycles. The van der Waals surface area contributed by atoms with Crippen LogP contribution in [0.2, 0.25) is 0 Å². The number of nitrogens with zero attached hydrogens (tertiary/aromatic N) is 2. The van der Waals surface area contributed by atoms with Gasteiger partial charge in [-0.15, -0.1) is 0 Å². The van der Waals surface area contributed by atoms with Crippen LogP contribution in [0.1, 0.15) is 17.5 Å². The molecule has 1 N–H and O–H groups in total. The van der Waals surface area contributed by atoms with E-state index in [0.29, 0.717) is 19.5 Å². The number of benzene rings is 2. The fourth-order valence-electron chi connectivity index (χ4n) is 4.02. The van der Waals surface area contributed by atoms with Crippen molar-refractivity contribution in [1.29, 1.82) is 0 Å². The van der Waals surface area contributed by atoms with Crippen molar-refractivity contribution in [3.63, 3.8) is 0 Å². The van der Waals surface area contributed by atoms with Gasteiger partial charge in [-0.3, -0.25) is 4.79 Å². The van der Waals surface area contributed by atoms with Crippen LogP contribution in [0.4, 0.5) is 16.2 Å². The first-order valence-electron chi connectivity index (χ1n) is 8.51.